The van der Waals surface area contributed by atoms with E-state index in [1.807, 2.05) is 25.1 Å². The van der Waals surface area contributed by atoms with E-state index < -0.39 is 23.7 Å². The SMILES string of the molecule is Cc1ccc(N2C(=O)C3CC=C4C(c5ccc(OCCO)cc5)C5=C(CC4C3C2=O)C(=O)C(Br)=CC5=O)cc1Cl. The Kier molecular flexibility index (Phi) is 6.89. The van der Waals surface area contributed by atoms with E-state index in [0.29, 0.717) is 34.0 Å². The van der Waals surface area contributed by atoms with E-state index in [0.717, 1.165) is 16.7 Å². The Labute approximate surface area is 244 Å². The molecule has 0 aromatic heterocycles. The van der Waals surface area contributed by atoms with Gasteiger partial charge in [-0.2, -0.15) is 0 Å². The van der Waals surface area contributed by atoms with E-state index in [9.17, 15) is 19.2 Å². The van der Waals surface area contributed by atoms with Crippen LogP contribution in [-0.2, 0) is 19.2 Å². The zero-order valence-electron chi connectivity index (χ0n) is 21.5. The molecule has 6 rings (SSSR count). The Hall–Kier alpha value is -3.33. The van der Waals surface area contributed by atoms with Crippen molar-refractivity contribution in [3.05, 3.63) is 92.0 Å². The number of rotatable bonds is 5. The van der Waals surface area contributed by atoms with Crippen LogP contribution in [0.5, 0.6) is 5.75 Å². The Morgan fingerprint density at radius 1 is 1.05 bits per heavy atom. The number of allylic oxidation sites excluding steroid dienone is 6. The second-order valence-corrected chi connectivity index (χ2v) is 11.7. The van der Waals surface area contributed by atoms with Crippen LogP contribution in [0.1, 0.15) is 29.9 Å². The van der Waals surface area contributed by atoms with Gasteiger partial charge in [-0.15, -0.1) is 0 Å². The van der Waals surface area contributed by atoms with Crippen molar-refractivity contribution in [3.8, 4) is 5.75 Å². The summed E-state index contributed by atoms with van der Waals surface area (Å²) in [4.78, 5) is 55.5. The highest BCUT2D eigenvalue weighted by atomic mass is 79.9. The molecule has 4 unspecified atom stereocenters. The fraction of sp³-hybridized carbons (Fsp3) is 0.290. The van der Waals surface area contributed by atoms with Gasteiger partial charge in [-0.1, -0.05) is 41.4 Å². The second-order valence-electron chi connectivity index (χ2n) is 10.5. The van der Waals surface area contributed by atoms with Gasteiger partial charge >= 0.3 is 0 Å². The quantitative estimate of drug-likeness (QED) is 0.287. The summed E-state index contributed by atoms with van der Waals surface area (Å²) in [5, 5.41) is 9.54. The molecule has 1 fully saturated rings. The number of ether oxygens (including phenoxy) is 1. The topological polar surface area (TPSA) is 101 Å². The number of ketones is 2. The number of aliphatic hydroxyl groups excluding tert-OH is 1. The van der Waals surface area contributed by atoms with Gasteiger partial charge in [0.25, 0.3) is 0 Å². The van der Waals surface area contributed by atoms with Crippen molar-refractivity contribution in [2.75, 3.05) is 18.1 Å². The lowest BCUT2D eigenvalue weighted by Crippen LogP contribution is -2.39. The van der Waals surface area contributed by atoms with Gasteiger partial charge in [-0.25, -0.2) is 4.90 Å². The molecule has 2 aromatic carbocycles. The number of anilines is 1. The monoisotopic (exact) mass is 621 g/mol. The third-order valence-electron chi connectivity index (χ3n) is 8.32. The lowest BCUT2D eigenvalue weighted by molar-refractivity contribution is -0.123. The summed E-state index contributed by atoms with van der Waals surface area (Å²) in [5.74, 6) is -2.75. The number of halogens is 2. The van der Waals surface area contributed by atoms with Crippen molar-refractivity contribution in [1.29, 1.82) is 0 Å². The first-order chi connectivity index (χ1) is 19.2. The van der Waals surface area contributed by atoms with Crippen molar-refractivity contribution < 1.29 is 29.0 Å². The average molecular weight is 623 g/mol. The number of carbonyl (C=O) groups is 4. The molecular weight excluding hydrogens is 598 g/mol. The van der Waals surface area contributed by atoms with E-state index in [1.54, 1.807) is 30.3 Å². The lowest BCUT2D eigenvalue weighted by Gasteiger charge is -2.42. The third-order valence-corrected chi connectivity index (χ3v) is 9.31. The summed E-state index contributed by atoms with van der Waals surface area (Å²) in [6.45, 7) is 1.89. The molecule has 1 N–H and O–H groups in total. The number of aliphatic hydroxyl groups is 1. The van der Waals surface area contributed by atoms with Crippen molar-refractivity contribution in [3.63, 3.8) is 0 Å². The number of amides is 2. The van der Waals surface area contributed by atoms with Crippen LogP contribution >= 0.6 is 27.5 Å². The largest absolute Gasteiger partial charge is 0.491 e. The number of hydrogen-bond donors (Lipinski definition) is 1. The predicted molar refractivity (Wildman–Crippen MR) is 152 cm³/mol. The molecule has 3 aliphatic carbocycles. The maximum absolute atomic E-state index is 14.0. The molecule has 204 valence electrons. The van der Waals surface area contributed by atoms with Crippen LogP contribution in [0.2, 0.25) is 5.02 Å². The zero-order valence-corrected chi connectivity index (χ0v) is 23.9. The standard InChI is InChI=1S/C31H25BrClNO6/c1-15-2-5-17(12-24(15)33)34-30(38)20-9-8-19-21(27(20)31(34)39)13-22-28(25(36)14-23(32)29(22)37)26(19)16-3-6-18(7-4-16)40-11-10-35/h2-8,12,14,20-21,26-27,35H,9-11,13H2,1H3. The number of carbonyl (C=O) groups excluding carboxylic acids is 4. The molecule has 40 heavy (non-hydrogen) atoms. The van der Waals surface area contributed by atoms with Crippen molar-refractivity contribution in [2.24, 2.45) is 17.8 Å². The van der Waals surface area contributed by atoms with Gasteiger partial charge in [0.15, 0.2) is 11.6 Å². The highest BCUT2D eigenvalue weighted by Crippen LogP contribution is 2.55. The van der Waals surface area contributed by atoms with E-state index >= 15 is 0 Å². The minimum Gasteiger partial charge on any atom is -0.491 e. The maximum Gasteiger partial charge on any atom is 0.238 e. The van der Waals surface area contributed by atoms with Crippen LogP contribution in [0.25, 0.3) is 0 Å². The normalized spacial score (nSPS) is 25.9. The van der Waals surface area contributed by atoms with Crippen LogP contribution in [-0.4, -0.2) is 41.7 Å². The highest BCUT2D eigenvalue weighted by Gasteiger charge is 2.56. The van der Waals surface area contributed by atoms with Crippen LogP contribution < -0.4 is 9.64 Å². The molecule has 9 heteroatoms. The van der Waals surface area contributed by atoms with E-state index in [4.69, 9.17) is 21.4 Å². The molecule has 0 radical (unpaired) electrons. The number of aryl methyl sites for hydroxylation is 1. The average Bonchev–Trinajstić information content (AvgIpc) is 3.21. The van der Waals surface area contributed by atoms with Crippen molar-refractivity contribution >= 4 is 56.6 Å². The summed E-state index contributed by atoms with van der Waals surface area (Å²) >= 11 is 9.58. The Morgan fingerprint density at radius 2 is 1.80 bits per heavy atom. The zero-order chi connectivity index (χ0) is 28.3. The fourth-order valence-corrected chi connectivity index (χ4v) is 7.10. The summed E-state index contributed by atoms with van der Waals surface area (Å²) in [6.07, 6.45) is 3.85. The molecule has 4 aliphatic rings. The number of fused-ring (bicyclic) bond motifs is 3. The predicted octanol–water partition coefficient (Wildman–Crippen LogP) is 4.99. The lowest BCUT2D eigenvalue weighted by atomic mass is 9.59. The molecule has 2 aromatic rings. The molecular formula is C31H25BrClNO6. The maximum atomic E-state index is 14.0. The number of hydrogen-bond acceptors (Lipinski definition) is 6. The molecule has 0 spiro atoms. The van der Waals surface area contributed by atoms with E-state index in [1.165, 1.54) is 11.0 Å². The minimum absolute atomic E-state index is 0.117. The van der Waals surface area contributed by atoms with Gasteiger partial charge in [0.05, 0.1) is 28.6 Å². The van der Waals surface area contributed by atoms with Crippen molar-refractivity contribution in [2.45, 2.75) is 25.7 Å². The molecule has 0 saturated carbocycles. The Morgan fingerprint density at radius 3 is 2.50 bits per heavy atom. The number of nitrogens with zero attached hydrogens (tertiary/aromatic N) is 1. The first kappa shape index (κ1) is 26.9. The smallest absolute Gasteiger partial charge is 0.238 e. The van der Waals surface area contributed by atoms with Gasteiger partial charge in [-0.3, -0.25) is 19.2 Å². The van der Waals surface area contributed by atoms with Gasteiger partial charge in [0.1, 0.15) is 12.4 Å². The summed E-state index contributed by atoms with van der Waals surface area (Å²) < 4.78 is 5.69. The van der Waals surface area contributed by atoms with Crippen LogP contribution in [0.4, 0.5) is 5.69 Å². The molecule has 1 aliphatic heterocycles. The van der Waals surface area contributed by atoms with Crippen LogP contribution in [0, 0.1) is 24.7 Å². The third kappa shape index (κ3) is 4.21. The summed E-state index contributed by atoms with van der Waals surface area (Å²) in [6, 6.07) is 12.3. The van der Waals surface area contributed by atoms with Crippen molar-refractivity contribution in [1.82, 2.24) is 0 Å². The summed E-state index contributed by atoms with van der Waals surface area (Å²) in [5.41, 5.74) is 3.72. The second kappa shape index (κ2) is 10.3. The number of imide groups is 1. The fourth-order valence-electron chi connectivity index (χ4n) is 6.48. The Balaban J connectivity index is 1.43. The molecule has 1 saturated heterocycles. The van der Waals surface area contributed by atoms with Crippen LogP contribution in [0.15, 0.2) is 75.8 Å². The van der Waals surface area contributed by atoms with Gasteiger partial charge < -0.3 is 9.84 Å². The van der Waals surface area contributed by atoms with Crippen LogP contribution in [0.3, 0.4) is 0 Å². The van der Waals surface area contributed by atoms with Gasteiger partial charge in [0, 0.05) is 28.2 Å². The first-order valence-electron chi connectivity index (χ1n) is 13.1. The molecule has 7 nitrogen and oxygen atoms in total. The van der Waals surface area contributed by atoms with E-state index in [2.05, 4.69) is 15.9 Å². The summed E-state index contributed by atoms with van der Waals surface area (Å²) in [7, 11) is 0. The number of benzene rings is 2. The first-order valence-corrected chi connectivity index (χ1v) is 14.2. The molecule has 1 heterocycles. The Bertz CT molecular complexity index is 1570. The number of Topliss-reactive ketones (excluding diaryl/α,β-unsaturated/α-hetero) is 1. The molecule has 0 bridgehead atoms. The van der Waals surface area contributed by atoms with Gasteiger partial charge in [-0.05, 0) is 77.0 Å². The van der Waals surface area contributed by atoms with E-state index in [-0.39, 0.29) is 47.5 Å². The molecule has 2 amide bonds. The van der Waals surface area contributed by atoms with Gasteiger partial charge in [0.2, 0.25) is 11.8 Å². The molecule has 4 atom stereocenters. The highest BCUT2D eigenvalue weighted by molar-refractivity contribution is 9.12. The minimum atomic E-state index is -0.663.